The fraction of sp³-hybridized carbons (Fsp3) is 0.308. The minimum Gasteiger partial charge on any atom is -0.315 e. The molecule has 1 aliphatic heterocycles. The summed E-state index contributed by atoms with van der Waals surface area (Å²) in [6.07, 6.45) is 2.93. The van der Waals surface area contributed by atoms with E-state index in [1.54, 1.807) is 4.90 Å². The highest BCUT2D eigenvalue weighted by molar-refractivity contribution is 9.11. The molecule has 0 spiro atoms. The predicted octanol–water partition coefficient (Wildman–Crippen LogP) is 4.05. The average Bonchev–Trinajstić information content (AvgIpc) is 2.28. The normalized spacial score (nSPS) is 20.5. The Morgan fingerprint density at radius 1 is 1.35 bits per heavy atom. The molecule has 1 heterocycles. The van der Waals surface area contributed by atoms with Crippen LogP contribution >= 0.6 is 31.9 Å². The van der Waals surface area contributed by atoms with E-state index in [9.17, 15) is 4.79 Å². The number of carbonyl (C=O) groups is 1. The van der Waals surface area contributed by atoms with Crippen LogP contribution in [0.1, 0.15) is 18.9 Å². The molecule has 1 aromatic rings. The molecular formula is C13H13Br2NO. The molecule has 0 saturated carbocycles. The lowest BCUT2D eigenvalue weighted by Crippen LogP contribution is -2.33. The number of allylic oxidation sites excluding steroid dienone is 1. The molecule has 2 rings (SSSR count). The lowest BCUT2D eigenvalue weighted by Gasteiger charge is -2.29. The van der Waals surface area contributed by atoms with E-state index in [1.165, 1.54) is 0 Å². The molecule has 0 aliphatic carbocycles. The molecule has 0 bridgehead atoms. The summed E-state index contributed by atoms with van der Waals surface area (Å²) in [4.78, 5) is 13.7. The summed E-state index contributed by atoms with van der Waals surface area (Å²) >= 11 is 6.96. The maximum atomic E-state index is 11.9. The number of hydrogen-bond acceptors (Lipinski definition) is 1. The van der Waals surface area contributed by atoms with Crippen molar-refractivity contribution in [1.29, 1.82) is 0 Å². The molecule has 2 nitrogen and oxygen atoms in total. The summed E-state index contributed by atoms with van der Waals surface area (Å²) in [6.45, 7) is 1.96. The first kappa shape index (κ1) is 12.8. The molecule has 1 atom stereocenters. The van der Waals surface area contributed by atoms with Crippen LogP contribution < -0.4 is 0 Å². The van der Waals surface area contributed by atoms with Crippen LogP contribution in [0.2, 0.25) is 0 Å². The second-order valence-corrected chi connectivity index (χ2v) is 6.02. The number of benzene rings is 1. The average molecular weight is 359 g/mol. The van der Waals surface area contributed by atoms with Crippen molar-refractivity contribution < 1.29 is 4.79 Å². The van der Waals surface area contributed by atoms with Crippen molar-refractivity contribution in [2.45, 2.75) is 13.3 Å². The van der Waals surface area contributed by atoms with Gasteiger partial charge in [-0.25, -0.2) is 0 Å². The van der Waals surface area contributed by atoms with Crippen LogP contribution in [-0.2, 0) is 4.79 Å². The van der Waals surface area contributed by atoms with Gasteiger partial charge in [0.2, 0.25) is 5.91 Å². The molecule has 1 aliphatic rings. The second-order valence-electron chi connectivity index (χ2n) is 4.25. The second kappa shape index (κ2) is 4.94. The van der Waals surface area contributed by atoms with Crippen LogP contribution in [0.3, 0.4) is 0 Å². The highest BCUT2D eigenvalue weighted by atomic mass is 79.9. The Balaban J connectivity index is 2.43. The van der Waals surface area contributed by atoms with Gasteiger partial charge in [-0.05, 0) is 18.6 Å². The van der Waals surface area contributed by atoms with Gasteiger partial charge in [0.05, 0.1) is 0 Å². The summed E-state index contributed by atoms with van der Waals surface area (Å²) in [6, 6.07) is 5.99. The fourth-order valence-corrected chi connectivity index (χ4v) is 3.21. The summed E-state index contributed by atoms with van der Waals surface area (Å²) in [7, 11) is 1.83. The van der Waals surface area contributed by atoms with Gasteiger partial charge in [-0.3, -0.25) is 4.79 Å². The number of halogens is 2. The number of carbonyl (C=O) groups excluding carboxylic acids is 1. The van der Waals surface area contributed by atoms with E-state index in [2.05, 4.69) is 37.9 Å². The molecular weight excluding hydrogens is 346 g/mol. The summed E-state index contributed by atoms with van der Waals surface area (Å²) < 4.78 is 2.01. The van der Waals surface area contributed by atoms with Crippen LogP contribution in [-0.4, -0.2) is 17.9 Å². The smallest absolute Gasteiger partial charge is 0.229 e. The van der Waals surface area contributed by atoms with Gasteiger partial charge >= 0.3 is 0 Å². The zero-order chi connectivity index (χ0) is 12.6. The van der Waals surface area contributed by atoms with E-state index in [1.807, 2.05) is 32.2 Å². The Hall–Kier alpha value is -0.610. The number of amides is 1. The van der Waals surface area contributed by atoms with Gasteiger partial charge in [-0.15, -0.1) is 0 Å². The number of hydrogen-bond donors (Lipinski definition) is 0. The molecule has 0 fully saturated rings. The lowest BCUT2D eigenvalue weighted by molar-refractivity contribution is -0.131. The third-order valence-corrected chi connectivity index (χ3v) is 4.13. The van der Waals surface area contributed by atoms with Crippen molar-refractivity contribution in [3.63, 3.8) is 0 Å². The van der Waals surface area contributed by atoms with Crippen LogP contribution in [0.25, 0.3) is 5.70 Å². The molecule has 1 aromatic carbocycles. The number of nitrogens with zero attached hydrogens (tertiary/aromatic N) is 1. The van der Waals surface area contributed by atoms with Crippen LogP contribution in [0.5, 0.6) is 0 Å². The van der Waals surface area contributed by atoms with Gasteiger partial charge in [-0.2, -0.15) is 0 Å². The van der Waals surface area contributed by atoms with Crippen molar-refractivity contribution in [3.05, 3.63) is 38.8 Å². The monoisotopic (exact) mass is 357 g/mol. The van der Waals surface area contributed by atoms with E-state index in [0.29, 0.717) is 0 Å². The molecule has 0 radical (unpaired) electrons. The standard InChI is InChI=1S/C13H13Br2NO/c1-8-3-6-12(16(2)13(8)17)10-5-4-9(14)7-11(10)15/h4-8H,3H2,1-2H3. The molecule has 4 heteroatoms. The van der Waals surface area contributed by atoms with E-state index in [-0.39, 0.29) is 11.8 Å². The fourth-order valence-electron chi connectivity index (χ4n) is 1.96. The molecule has 0 N–H and O–H groups in total. The van der Waals surface area contributed by atoms with E-state index in [4.69, 9.17) is 0 Å². The minimum absolute atomic E-state index is 0.0815. The van der Waals surface area contributed by atoms with Gasteiger partial charge < -0.3 is 4.90 Å². The van der Waals surface area contributed by atoms with Crippen LogP contribution in [0, 0.1) is 5.92 Å². The summed E-state index contributed by atoms with van der Waals surface area (Å²) in [5, 5.41) is 0. The van der Waals surface area contributed by atoms with Gasteiger partial charge in [0.25, 0.3) is 0 Å². The molecule has 0 aromatic heterocycles. The van der Waals surface area contributed by atoms with E-state index < -0.39 is 0 Å². The van der Waals surface area contributed by atoms with Crippen molar-refractivity contribution in [2.24, 2.45) is 5.92 Å². The van der Waals surface area contributed by atoms with Crippen molar-refractivity contribution in [2.75, 3.05) is 7.05 Å². The Morgan fingerprint density at radius 3 is 2.71 bits per heavy atom. The first-order valence-corrected chi connectivity index (χ1v) is 7.02. The molecule has 1 amide bonds. The third kappa shape index (κ3) is 2.47. The molecule has 0 saturated heterocycles. The Bertz CT molecular complexity index is 496. The van der Waals surface area contributed by atoms with Crippen molar-refractivity contribution in [3.8, 4) is 0 Å². The van der Waals surface area contributed by atoms with Gasteiger partial charge in [0.1, 0.15) is 0 Å². The Labute approximate surface area is 118 Å². The van der Waals surface area contributed by atoms with Crippen LogP contribution in [0.4, 0.5) is 0 Å². The predicted molar refractivity (Wildman–Crippen MR) is 76.4 cm³/mol. The van der Waals surface area contributed by atoms with E-state index in [0.717, 1.165) is 26.6 Å². The lowest BCUT2D eigenvalue weighted by atomic mass is 9.98. The molecule has 17 heavy (non-hydrogen) atoms. The summed E-state index contributed by atoms with van der Waals surface area (Å²) in [5.74, 6) is 0.260. The van der Waals surface area contributed by atoms with Gasteiger partial charge in [0.15, 0.2) is 0 Å². The maximum Gasteiger partial charge on any atom is 0.229 e. The first-order chi connectivity index (χ1) is 8.00. The van der Waals surface area contributed by atoms with Crippen LogP contribution in [0.15, 0.2) is 33.2 Å². The Kier molecular flexibility index (Phi) is 3.73. The SMILES string of the molecule is CC1CC=C(c2ccc(Br)cc2Br)N(C)C1=O. The molecule has 90 valence electrons. The summed E-state index contributed by atoms with van der Waals surface area (Å²) in [5.41, 5.74) is 2.03. The highest BCUT2D eigenvalue weighted by Crippen LogP contribution is 2.33. The number of rotatable bonds is 1. The largest absolute Gasteiger partial charge is 0.315 e. The van der Waals surface area contributed by atoms with Gasteiger partial charge in [-0.1, -0.05) is 50.9 Å². The zero-order valence-corrected chi connectivity index (χ0v) is 12.9. The molecule has 1 unspecified atom stereocenters. The topological polar surface area (TPSA) is 20.3 Å². The minimum atomic E-state index is 0.0815. The Morgan fingerprint density at radius 2 is 2.06 bits per heavy atom. The van der Waals surface area contributed by atoms with E-state index >= 15 is 0 Å². The van der Waals surface area contributed by atoms with Crippen molar-refractivity contribution >= 4 is 43.5 Å². The zero-order valence-electron chi connectivity index (χ0n) is 9.71. The quantitative estimate of drug-likeness (QED) is 0.741. The highest BCUT2D eigenvalue weighted by Gasteiger charge is 2.25. The maximum absolute atomic E-state index is 11.9. The first-order valence-electron chi connectivity index (χ1n) is 5.44. The van der Waals surface area contributed by atoms with Gasteiger partial charge in [0, 0.05) is 33.2 Å². The van der Waals surface area contributed by atoms with Crippen molar-refractivity contribution in [1.82, 2.24) is 4.90 Å². The third-order valence-electron chi connectivity index (χ3n) is 2.99.